The summed E-state index contributed by atoms with van der Waals surface area (Å²) in [7, 11) is 0. The fourth-order valence-electron chi connectivity index (χ4n) is 2.13. The topological polar surface area (TPSA) is 120 Å². The fourth-order valence-corrected chi connectivity index (χ4v) is 2.13. The molecule has 0 amide bonds. The number of nitrogens with zero attached hydrogens (tertiary/aromatic N) is 2. The van der Waals surface area contributed by atoms with Crippen LogP contribution in [0.1, 0.15) is 0 Å². The lowest BCUT2D eigenvalue weighted by atomic mass is 10.3. The number of aliphatic hydroxyl groups excluding tert-OH is 5. The molecule has 0 aromatic carbocycles. The van der Waals surface area contributed by atoms with Crippen LogP contribution in [0, 0.1) is 0 Å². The Morgan fingerprint density at radius 2 is 1.05 bits per heavy atom. The van der Waals surface area contributed by atoms with Crippen LogP contribution in [0.3, 0.4) is 0 Å². The van der Waals surface area contributed by atoms with Gasteiger partial charge in [-0.05, 0) is 0 Å². The second kappa shape index (κ2) is 13.7. The van der Waals surface area contributed by atoms with Gasteiger partial charge in [-0.3, -0.25) is 9.80 Å². The van der Waals surface area contributed by atoms with Crippen molar-refractivity contribution in [3.63, 3.8) is 0 Å². The number of nitrogens with one attached hydrogen (secondary N) is 1. The van der Waals surface area contributed by atoms with Crippen molar-refractivity contribution >= 4 is 0 Å². The molecule has 8 heteroatoms. The van der Waals surface area contributed by atoms with E-state index in [4.69, 9.17) is 25.5 Å². The van der Waals surface area contributed by atoms with Crippen LogP contribution in [0.15, 0.2) is 0 Å². The molecular formula is C12H29N3O5. The standard InChI is InChI=1S/C12H29N3O5/c16-6-1-13-11-12(14(2-7-17)3-8-18)15(4-9-19)5-10-20/h12-13,16-20H,1-11H2. The van der Waals surface area contributed by atoms with E-state index in [9.17, 15) is 0 Å². The highest BCUT2D eigenvalue weighted by atomic mass is 16.3. The second-order valence-electron chi connectivity index (χ2n) is 4.37. The first-order chi connectivity index (χ1) is 9.74. The molecule has 8 nitrogen and oxygen atoms in total. The minimum absolute atomic E-state index is 0.0206. The molecule has 20 heavy (non-hydrogen) atoms. The Morgan fingerprint density at radius 1 is 0.650 bits per heavy atom. The maximum absolute atomic E-state index is 9.12. The lowest BCUT2D eigenvalue weighted by Crippen LogP contribution is -2.56. The van der Waals surface area contributed by atoms with Gasteiger partial charge < -0.3 is 30.8 Å². The molecule has 0 fully saturated rings. The van der Waals surface area contributed by atoms with Gasteiger partial charge in [0, 0.05) is 39.3 Å². The van der Waals surface area contributed by atoms with E-state index in [1.165, 1.54) is 0 Å². The maximum atomic E-state index is 9.12. The molecule has 0 aliphatic heterocycles. The summed E-state index contributed by atoms with van der Waals surface area (Å²) >= 11 is 0. The minimum atomic E-state index is -0.180. The summed E-state index contributed by atoms with van der Waals surface area (Å²) in [5.41, 5.74) is 0. The third-order valence-corrected chi connectivity index (χ3v) is 3.01. The van der Waals surface area contributed by atoms with Crippen LogP contribution in [0.4, 0.5) is 0 Å². The van der Waals surface area contributed by atoms with Crippen molar-refractivity contribution in [2.45, 2.75) is 6.17 Å². The van der Waals surface area contributed by atoms with Crippen LogP contribution in [0.5, 0.6) is 0 Å². The summed E-state index contributed by atoms with van der Waals surface area (Å²) in [6.45, 7) is 2.36. The average molecular weight is 295 g/mol. The van der Waals surface area contributed by atoms with Crippen molar-refractivity contribution in [2.75, 3.05) is 72.3 Å². The van der Waals surface area contributed by atoms with Gasteiger partial charge in [0.25, 0.3) is 0 Å². The molecule has 0 aromatic rings. The van der Waals surface area contributed by atoms with Gasteiger partial charge in [0.2, 0.25) is 0 Å². The van der Waals surface area contributed by atoms with Crippen LogP contribution in [0.25, 0.3) is 0 Å². The number of aliphatic hydroxyl groups is 5. The molecule has 0 aliphatic rings. The van der Waals surface area contributed by atoms with Gasteiger partial charge in [-0.15, -0.1) is 0 Å². The zero-order valence-electron chi connectivity index (χ0n) is 12.0. The van der Waals surface area contributed by atoms with Crippen LogP contribution in [-0.2, 0) is 0 Å². The molecule has 0 rings (SSSR count). The highest BCUT2D eigenvalue weighted by molar-refractivity contribution is 4.76. The Morgan fingerprint density at radius 3 is 1.35 bits per heavy atom. The Kier molecular flexibility index (Phi) is 13.4. The van der Waals surface area contributed by atoms with Crippen molar-refractivity contribution in [2.24, 2.45) is 0 Å². The Labute approximate surface area is 120 Å². The van der Waals surface area contributed by atoms with Gasteiger partial charge in [-0.25, -0.2) is 0 Å². The molecule has 0 atom stereocenters. The van der Waals surface area contributed by atoms with Gasteiger partial charge in [0.15, 0.2) is 0 Å². The van der Waals surface area contributed by atoms with E-state index in [2.05, 4.69) is 5.32 Å². The second-order valence-corrected chi connectivity index (χ2v) is 4.37. The Hall–Kier alpha value is -0.320. The van der Waals surface area contributed by atoms with Gasteiger partial charge >= 0.3 is 0 Å². The van der Waals surface area contributed by atoms with E-state index in [-0.39, 0.29) is 39.2 Å². The van der Waals surface area contributed by atoms with Crippen molar-refractivity contribution in [1.82, 2.24) is 15.1 Å². The predicted molar refractivity (Wildman–Crippen MR) is 75.2 cm³/mol. The van der Waals surface area contributed by atoms with Crippen LogP contribution in [-0.4, -0.2) is 114 Å². The first-order valence-corrected chi connectivity index (χ1v) is 6.98. The smallest absolute Gasteiger partial charge is 0.0754 e. The lowest BCUT2D eigenvalue weighted by molar-refractivity contribution is 0.00396. The van der Waals surface area contributed by atoms with E-state index >= 15 is 0 Å². The van der Waals surface area contributed by atoms with E-state index in [1.54, 1.807) is 0 Å². The third kappa shape index (κ3) is 8.08. The summed E-state index contributed by atoms with van der Waals surface area (Å²) in [6.07, 6.45) is -0.180. The Bertz CT molecular complexity index is 184. The summed E-state index contributed by atoms with van der Waals surface area (Å²) in [6, 6.07) is 0. The normalized spacial score (nSPS) is 12.0. The van der Waals surface area contributed by atoms with Crippen LogP contribution < -0.4 is 5.32 Å². The molecule has 0 saturated carbocycles. The predicted octanol–water partition coefficient (Wildman–Crippen LogP) is -3.53. The number of rotatable bonds is 14. The zero-order valence-corrected chi connectivity index (χ0v) is 12.0. The van der Waals surface area contributed by atoms with Gasteiger partial charge in [-0.2, -0.15) is 0 Å². The molecule has 0 saturated heterocycles. The van der Waals surface area contributed by atoms with Crippen molar-refractivity contribution < 1.29 is 25.5 Å². The third-order valence-electron chi connectivity index (χ3n) is 3.01. The molecule has 0 heterocycles. The van der Waals surface area contributed by atoms with Crippen molar-refractivity contribution in [1.29, 1.82) is 0 Å². The van der Waals surface area contributed by atoms with Gasteiger partial charge in [0.05, 0.1) is 39.2 Å². The average Bonchev–Trinajstić information content (AvgIpc) is 2.44. The van der Waals surface area contributed by atoms with Gasteiger partial charge in [0.1, 0.15) is 0 Å². The van der Waals surface area contributed by atoms with E-state index in [1.807, 2.05) is 9.80 Å². The molecular weight excluding hydrogens is 266 g/mol. The van der Waals surface area contributed by atoms with Crippen molar-refractivity contribution in [3.05, 3.63) is 0 Å². The van der Waals surface area contributed by atoms with Crippen LogP contribution >= 0.6 is 0 Å². The summed E-state index contributed by atoms with van der Waals surface area (Å²) in [5.74, 6) is 0. The van der Waals surface area contributed by atoms with E-state index < -0.39 is 0 Å². The monoisotopic (exact) mass is 295 g/mol. The summed E-state index contributed by atoms with van der Waals surface area (Å²) < 4.78 is 0. The van der Waals surface area contributed by atoms with Crippen LogP contribution in [0.2, 0.25) is 0 Å². The molecule has 0 aromatic heterocycles. The highest BCUT2D eigenvalue weighted by Crippen LogP contribution is 2.05. The highest BCUT2D eigenvalue weighted by Gasteiger charge is 2.23. The molecule has 0 unspecified atom stereocenters. The summed E-state index contributed by atoms with van der Waals surface area (Å²) in [4.78, 5) is 3.77. The molecule has 0 bridgehead atoms. The van der Waals surface area contributed by atoms with Gasteiger partial charge in [-0.1, -0.05) is 0 Å². The number of hydrogen-bond acceptors (Lipinski definition) is 8. The maximum Gasteiger partial charge on any atom is 0.0754 e. The molecule has 122 valence electrons. The molecule has 6 N–H and O–H groups in total. The first kappa shape index (κ1) is 19.7. The lowest BCUT2D eigenvalue weighted by Gasteiger charge is -2.39. The first-order valence-electron chi connectivity index (χ1n) is 6.98. The quantitative estimate of drug-likeness (QED) is 0.144. The molecule has 0 spiro atoms. The zero-order chi connectivity index (χ0) is 15.2. The van der Waals surface area contributed by atoms with E-state index in [0.29, 0.717) is 39.3 Å². The SMILES string of the molecule is OCCNCC(N(CCO)CCO)N(CCO)CCO. The molecule has 0 aliphatic carbocycles. The number of hydrogen-bond donors (Lipinski definition) is 6. The fraction of sp³-hybridized carbons (Fsp3) is 1.00. The molecule has 0 radical (unpaired) electrons. The largest absolute Gasteiger partial charge is 0.395 e. The summed E-state index contributed by atoms with van der Waals surface area (Å²) in [5, 5.41) is 48.4. The minimum Gasteiger partial charge on any atom is -0.395 e. The Balaban J connectivity index is 4.76. The van der Waals surface area contributed by atoms with Crippen molar-refractivity contribution in [3.8, 4) is 0 Å². The van der Waals surface area contributed by atoms with E-state index in [0.717, 1.165) is 0 Å².